The van der Waals surface area contributed by atoms with Crippen molar-refractivity contribution in [3.8, 4) is 0 Å². The summed E-state index contributed by atoms with van der Waals surface area (Å²) >= 11 is 0. The van der Waals surface area contributed by atoms with Gasteiger partial charge in [0.05, 0.1) is 21.9 Å². The van der Waals surface area contributed by atoms with Crippen LogP contribution in [0.1, 0.15) is 25.8 Å². The maximum absolute atomic E-state index is 14.2. The van der Waals surface area contributed by atoms with Crippen molar-refractivity contribution in [3.63, 3.8) is 0 Å². The molecular weight excluding hydrogens is 273 g/mol. The molecule has 0 bridgehead atoms. The first-order chi connectivity index (χ1) is 9.90. The van der Waals surface area contributed by atoms with Gasteiger partial charge in [0.1, 0.15) is 5.82 Å². The molecule has 2 N–H and O–H groups in total. The molecule has 0 spiro atoms. The van der Waals surface area contributed by atoms with Crippen LogP contribution >= 0.6 is 0 Å². The number of pyridine rings is 1. The molecule has 0 saturated heterocycles. The normalized spacial score (nSPS) is 12.8. The second kappa shape index (κ2) is 6.13. The molecular formula is C15H18FN3O2. The van der Waals surface area contributed by atoms with Crippen molar-refractivity contribution >= 4 is 16.6 Å². The van der Waals surface area contributed by atoms with Gasteiger partial charge in [-0.05, 0) is 30.9 Å². The number of hydrogen-bond acceptors (Lipinski definition) is 4. The third-order valence-corrected chi connectivity index (χ3v) is 3.36. The van der Waals surface area contributed by atoms with Crippen LogP contribution in [0.3, 0.4) is 0 Å². The summed E-state index contributed by atoms with van der Waals surface area (Å²) in [6.45, 7) is 4.09. The van der Waals surface area contributed by atoms with Gasteiger partial charge in [0.2, 0.25) is 0 Å². The number of rotatable bonds is 5. The minimum Gasteiger partial charge on any atom is -0.327 e. The van der Waals surface area contributed by atoms with E-state index in [1.54, 1.807) is 12.1 Å². The van der Waals surface area contributed by atoms with Gasteiger partial charge in [-0.3, -0.25) is 15.1 Å². The molecule has 0 aliphatic carbocycles. The number of fused-ring (bicyclic) bond motifs is 1. The van der Waals surface area contributed by atoms with Gasteiger partial charge in [0.25, 0.3) is 5.69 Å². The molecule has 1 aromatic heterocycles. The molecule has 2 rings (SSSR count). The van der Waals surface area contributed by atoms with Gasteiger partial charge in [-0.2, -0.15) is 0 Å². The van der Waals surface area contributed by atoms with Gasteiger partial charge in [-0.25, -0.2) is 4.39 Å². The number of halogens is 1. The van der Waals surface area contributed by atoms with Crippen molar-refractivity contribution in [1.82, 2.24) is 4.98 Å². The standard InChI is InChI=1S/C15H18FN3O2/c1-9(2)6-10(17)7-12-13(16)8-14(19(20)21)11-4-3-5-18-15(11)12/h3-5,8-10H,6-7,17H2,1-2H3. The molecule has 1 atom stereocenters. The van der Waals surface area contributed by atoms with Crippen molar-refractivity contribution in [2.45, 2.75) is 32.7 Å². The molecule has 21 heavy (non-hydrogen) atoms. The summed E-state index contributed by atoms with van der Waals surface area (Å²) in [6, 6.07) is 3.94. The molecule has 0 aliphatic rings. The molecule has 0 aliphatic heterocycles. The SMILES string of the molecule is CC(C)CC(N)Cc1c(F)cc([N+](=O)[O-])c2cccnc12. The van der Waals surface area contributed by atoms with Gasteiger partial charge in [-0.15, -0.1) is 0 Å². The first kappa shape index (κ1) is 15.3. The lowest BCUT2D eigenvalue weighted by Gasteiger charge is -2.15. The van der Waals surface area contributed by atoms with Crippen LogP contribution in [-0.4, -0.2) is 15.9 Å². The molecule has 2 aromatic rings. The Labute approximate surface area is 122 Å². The van der Waals surface area contributed by atoms with E-state index in [0.717, 1.165) is 12.5 Å². The number of nitrogens with zero attached hydrogens (tertiary/aromatic N) is 2. The van der Waals surface area contributed by atoms with E-state index in [1.165, 1.54) is 6.20 Å². The number of non-ortho nitro benzene ring substituents is 1. The summed E-state index contributed by atoms with van der Waals surface area (Å²) in [5.74, 6) is -0.215. The summed E-state index contributed by atoms with van der Waals surface area (Å²) < 4.78 is 14.2. The Morgan fingerprint density at radius 1 is 1.48 bits per heavy atom. The lowest BCUT2D eigenvalue weighted by molar-refractivity contribution is -0.383. The highest BCUT2D eigenvalue weighted by Gasteiger charge is 2.21. The summed E-state index contributed by atoms with van der Waals surface area (Å²) in [6.07, 6.45) is 2.57. The summed E-state index contributed by atoms with van der Waals surface area (Å²) in [5.41, 5.74) is 6.44. The lowest BCUT2D eigenvalue weighted by atomic mass is 9.95. The van der Waals surface area contributed by atoms with Crippen LogP contribution in [0.5, 0.6) is 0 Å². The number of benzene rings is 1. The Balaban J connectivity index is 2.52. The maximum atomic E-state index is 14.2. The zero-order chi connectivity index (χ0) is 15.6. The Kier molecular flexibility index (Phi) is 4.47. The van der Waals surface area contributed by atoms with Gasteiger partial charge >= 0.3 is 0 Å². The topological polar surface area (TPSA) is 82.0 Å². The van der Waals surface area contributed by atoms with Crippen molar-refractivity contribution in [2.24, 2.45) is 11.7 Å². The second-order valence-electron chi connectivity index (χ2n) is 5.61. The van der Waals surface area contributed by atoms with Gasteiger partial charge in [0.15, 0.2) is 0 Å². The summed E-state index contributed by atoms with van der Waals surface area (Å²) in [7, 11) is 0. The fourth-order valence-corrected chi connectivity index (χ4v) is 2.55. The van der Waals surface area contributed by atoms with Crippen LogP contribution < -0.4 is 5.73 Å². The van der Waals surface area contributed by atoms with Crippen molar-refractivity contribution in [3.05, 3.63) is 45.9 Å². The quantitative estimate of drug-likeness (QED) is 0.677. The van der Waals surface area contributed by atoms with Gasteiger partial charge in [-0.1, -0.05) is 13.8 Å². The lowest BCUT2D eigenvalue weighted by Crippen LogP contribution is -2.25. The number of nitrogens with two attached hydrogens (primary N) is 1. The zero-order valence-corrected chi connectivity index (χ0v) is 12.0. The molecule has 6 heteroatoms. The van der Waals surface area contributed by atoms with Crippen molar-refractivity contribution < 1.29 is 9.31 Å². The van der Waals surface area contributed by atoms with E-state index in [-0.39, 0.29) is 11.7 Å². The van der Waals surface area contributed by atoms with E-state index in [0.29, 0.717) is 28.8 Å². The monoisotopic (exact) mass is 291 g/mol. The smallest absolute Gasteiger partial charge is 0.281 e. The van der Waals surface area contributed by atoms with E-state index in [9.17, 15) is 14.5 Å². The number of hydrogen-bond donors (Lipinski definition) is 1. The first-order valence-corrected chi connectivity index (χ1v) is 6.86. The largest absolute Gasteiger partial charge is 0.327 e. The second-order valence-corrected chi connectivity index (χ2v) is 5.61. The molecule has 1 heterocycles. The molecule has 0 radical (unpaired) electrons. The maximum Gasteiger partial charge on any atom is 0.281 e. The molecule has 0 saturated carbocycles. The number of nitro benzene ring substituents is 1. The van der Waals surface area contributed by atoms with Crippen LogP contribution in [0.2, 0.25) is 0 Å². The van der Waals surface area contributed by atoms with E-state index in [2.05, 4.69) is 4.98 Å². The minimum atomic E-state index is -0.618. The van der Waals surface area contributed by atoms with Crippen molar-refractivity contribution in [2.75, 3.05) is 0 Å². The average Bonchev–Trinajstić information content (AvgIpc) is 2.40. The zero-order valence-electron chi connectivity index (χ0n) is 12.0. The first-order valence-electron chi connectivity index (χ1n) is 6.86. The predicted molar refractivity (Wildman–Crippen MR) is 79.5 cm³/mol. The Morgan fingerprint density at radius 3 is 2.81 bits per heavy atom. The van der Waals surface area contributed by atoms with Crippen LogP contribution in [0.4, 0.5) is 10.1 Å². The molecule has 0 fully saturated rings. The highest BCUT2D eigenvalue weighted by Crippen LogP contribution is 2.30. The van der Waals surface area contributed by atoms with Crippen LogP contribution in [0, 0.1) is 21.8 Å². The predicted octanol–water partition coefficient (Wildman–Crippen LogP) is 3.20. The fraction of sp³-hybridized carbons (Fsp3) is 0.400. The number of aromatic nitrogens is 1. The van der Waals surface area contributed by atoms with Crippen LogP contribution in [0.25, 0.3) is 10.9 Å². The molecule has 5 nitrogen and oxygen atoms in total. The van der Waals surface area contributed by atoms with E-state index in [1.807, 2.05) is 13.8 Å². The molecule has 0 amide bonds. The Bertz CT molecular complexity index is 673. The highest BCUT2D eigenvalue weighted by molar-refractivity contribution is 5.90. The molecule has 112 valence electrons. The summed E-state index contributed by atoms with van der Waals surface area (Å²) in [4.78, 5) is 14.6. The van der Waals surface area contributed by atoms with E-state index >= 15 is 0 Å². The third kappa shape index (κ3) is 3.33. The highest BCUT2D eigenvalue weighted by atomic mass is 19.1. The summed E-state index contributed by atoms with van der Waals surface area (Å²) in [5, 5.41) is 11.4. The minimum absolute atomic E-state index is 0.203. The van der Waals surface area contributed by atoms with Crippen LogP contribution in [0.15, 0.2) is 24.4 Å². The Hall–Kier alpha value is -2.08. The number of nitro groups is 1. The average molecular weight is 291 g/mol. The van der Waals surface area contributed by atoms with E-state index in [4.69, 9.17) is 5.73 Å². The molecule has 1 aromatic carbocycles. The van der Waals surface area contributed by atoms with Gasteiger partial charge < -0.3 is 5.73 Å². The van der Waals surface area contributed by atoms with E-state index < -0.39 is 10.7 Å². The third-order valence-electron chi connectivity index (χ3n) is 3.36. The fourth-order valence-electron chi connectivity index (χ4n) is 2.55. The Morgan fingerprint density at radius 2 is 2.19 bits per heavy atom. The van der Waals surface area contributed by atoms with Gasteiger partial charge in [0, 0.05) is 17.8 Å². The van der Waals surface area contributed by atoms with Crippen LogP contribution in [-0.2, 0) is 6.42 Å². The van der Waals surface area contributed by atoms with Crippen molar-refractivity contribution in [1.29, 1.82) is 0 Å². The molecule has 1 unspecified atom stereocenters.